The van der Waals surface area contributed by atoms with Crippen LogP contribution in [0, 0.1) is 0 Å². The topological polar surface area (TPSA) is 75.6 Å². The molecule has 1 unspecified atom stereocenters. The van der Waals surface area contributed by atoms with E-state index in [1.54, 1.807) is 24.3 Å². The predicted octanol–water partition coefficient (Wildman–Crippen LogP) is 6.37. The van der Waals surface area contributed by atoms with Crippen molar-refractivity contribution >= 4 is 33.9 Å². The number of aliphatic carboxylic acids is 1. The number of ether oxygens (including phenoxy) is 1. The highest BCUT2D eigenvalue weighted by Crippen LogP contribution is 2.29. The van der Waals surface area contributed by atoms with Gasteiger partial charge < -0.3 is 15.2 Å². The first-order chi connectivity index (χ1) is 15.5. The highest BCUT2D eigenvalue weighted by atomic mass is 79.9. The molecule has 0 radical (unpaired) electrons. The van der Waals surface area contributed by atoms with E-state index in [9.17, 15) is 14.7 Å². The van der Waals surface area contributed by atoms with Crippen molar-refractivity contribution in [3.05, 3.63) is 100 Å². The lowest BCUT2D eigenvalue weighted by atomic mass is 9.93. The van der Waals surface area contributed by atoms with Crippen molar-refractivity contribution in [3.8, 4) is 11.5 Å². The molecule has 3 aromatic carbocycles. The van der Waals surface area contributed by atoms with E-state index in [0.717, 1.165) is 16.5 Å². The molecule has 0 saturated carbocycles. The number of rotatable bonds is 9. The zero-order valence-corrected chi connectivity index (χ0v) is 19.2. The van der Waals surface area contributed by atoms with Gasteiger partial charge in [0.25, 0.3) is 0 Å². The van der Waals surface area contributed by atoms with Crippen LogP contribution in [-0.2, 0) is 9.59 Å². The monoisotopic (exact) mass is 493 g/mol. The lowest BCUT2D eigenvalue weighted by Gasteiger charge is -2.15. The molecule has 6 heteroatoms. The van der Waals surface area contributed by atoms with E-state index in [1.807, 2.05) is 61.5 Å². The van der Waals surface area contributed by atoms with Crippen LogP contribution in [0.3, 0.4) is 0 Å². The number of halogens is 1. The van der Waals surface area contributed by atoms with Crippen LogP contribution in [0.15, 0.2) is 89.0 Å². The summed E-state index contributed by atoms with van der Waals surface area (Å²) in [5.74, 6) is -0.204. The second kappa shape index (κ2) is 11.3. The summed E-state index contributed by atoms with van der Waals surface area (Å²) in [6.07, 6.45) is 2.43. The van der Waals surface area contributed by atoms with Crippen molar-refractivity contribution in [1.82, 2.24) is 5.32 Å². The Bertz CT molecular complexity index is 1090. The molecule has 164 valence electrons. The predicted molar refractivity (Wildman–Crippen MR) is 129 cm³/mol. The molecule has 0 aliphatic heterocycles. The minimum atomic E-state index is -1.19. The van der Waals surface area contributed by atoms with Crippen molar-refractivity contribution < 1.29 is 19.4 Å². The van der Waals surface area contributed by atoms with E-state index >= 15 is 0 Å². The Hall–Kier alpha value is -3.38. The van der Waals surface area contributed by atoms with Crippen LogP contribution >= 0.6 is 15.9 Å². The van der Waals surface area contributed by atoms with Gasteiger partial charge in [0.2, 0.25) is 5.91 Å². The van der Waals surface area contributed by atoms with Gasteiger partial charge in [-0.05, 0) is 69.7 Å². The van der Waals surface area contributed by atoms with Crippen molar-refractivity contribution in [3.63, 3.8) is 0 Å². The quantitative estimate of drug-likeness (QED) is 0.339. The Kier molecular flexibility index (Phi) is 8.22. The fraction of sp³-hybridized carbons (Fsp3) is 0.154. The number of carbonyl (C=O) groups excluding carboxylic acids is 1. The first kappa shape index (κ1) is 23.3. The fourth-order valence-electron chi connectivity index (χ4n) is 3.25. The maximum Gasteiger partial charge on any atom is 0.352 e. The van der Waals surface area contributed by atoms with Crippen LogP contribution in [0.2, 0.25) is 0 Å². The fourth-order valence-corrected chi connectivity index (χ4v) is 3.62. The first-order valence-electron chi connectivity index (χ1n) is 10.3. The Morgan fingerprint density at radius 3 is 2.28 bits per heavy atom. The summed E-state index contributed by atoms with van der Waals surface area (Å²) >= 11 is 3.44. The van der Waals surface area contributed by atoms with Crippen molar-refractivity contribution in [1.29, 1.82) is 0 Å². The number of hydrogen-bond donors (Lipinski definition) is 2. The first-order valence-corrected chi connectivity index (χ1v) is 11.1. The number of amides is 1. The molecular formula is C26H24BrNO4. The zero-order valence-electron chi connectivity index (χ0n) is 17.6. The normalized spacial score (nSPS) is 12.1. The summed E-state index contributed by atoms with van der Waals surface area (Å²) in [6, 6.07) is 24.2. The van der Waals surface area contributed by atoms with Gasteiger partial charge in [0.1, 0.15) is 17.2 Å². The van der Waals surface area contributed by atoms with Crippen molar-refractivity contribution in [2.75, 3.05) is 0 Å². The van der Waals surface area contributed by atoms with Crippen LogP contribution in [0.1, 0.15) is 36.8 Å². The van der Waals surface area contributed by atoms with E-state index in [0.29, 0.717) is 17.1 Å². The molecule has 0 saturated heterocycles. The number of carboxylic acid groups (broad SMARTS) is 1. The summed E-state index contributed by atoms with van der Waals surface area (Å²) in [4.78, 5) is 24.2. The second-order valence-corrected chi connectivity index (χ2v) is 8.09. The average molecular weight is 494 g/mol. The number of hydrogen-bond acceptors (Lipinski definition) is 3. The summed E-state index contributed by atoms with van der Waals surface area (Å²) in [5.41, 5.74) is 1.53. The van der Waals surface area contributed by atoms with Crippen LogP contribution < -0.4 is 10.1 Å². The molecule has 2 N–H and O–H groups in total. The smallest absolute Gasteiger partial charge is 0.352 e. The van der Waals surface area contributed by atoms with E-state index < -0.39 is 5.97 Å². The molecule has 3 aromatic rings. The number of benzene rings is 3. The maximum absolute atomic E-state index is 12.5. The average Bonchev–Trinajstić information content (AvgIpc) is 2.80. The minimum absolute atomic E-state index is 0.0278. The highest BCUT2D eigenvalue weighted by molar-refractivity contribution is 9.10. The standard InChI is InChI=1S/C26H24BrNO4/c1-2-19(20-8-4-3-5-9-20)17-25(29)28-23(26(30)31)16-18-12-14-21(15-13-18)32-24-11-7-6-10-22(24)27/h3-16,19H,2,17H2,1H3,(H,28,29)(H,30,31)/b23-16-. The summed E-state index contributed by atoms with van der Waals surface area (Å²) in [7, 11) is 0. The van der Waals surface area contributed by atoms with Gasteiger partial charge in [0, 0.05) is 6.42 Å². The van der Waals surface area contributed by atoms with Gasteiger partial charge in [0.15, 0.2) is 0 Å². The molecule has 0 aliphatic rings. The number of para-hydroxylation sites is 1. The Morgan fingerprint density at radius 2 is 1.66 bits per heavy atom. The second-order valence-electron chi connectivity index (χ2n) is 7.23. The van der Waals surface area contributed by atoms with E-state index in [-0.39, 0.29) is 23.9 Å². The molecule has 0 bridgehead atoms. The Labute approximate surface area is 195 Å². The molecule has 0 fully saturated rings. The third-order valence-corrected chi connectivity index (χ3v) is 5.61. The van der Waals surface area contributed by atoms with Gasteiger partial charge in [-0.2, -0.15) is 0 Å². The Morgan fingerprint density at radius 1 is 1.00 bits per heavy atom. The summed E-state index contributed by atoms with van der Waals surface area (Å²) < 4.78 is 6.66. The lowest BCUT2D eigenvalue weighted by molar-refractivity contribution is -0.134. The summed E-state index contributed by atoms with van der Waals surface area (Å²) in [6.45, 7) is 2.01. The van der Waals surface area contributed by atoms with Crippen LogP contribution in [0.5, 0.6) is 11.5 Å². The van der Waals surface area contributed by atoms with Crippen molar-refractivity contribution in [2.24, 2.45) is 0 Å². The van der Waals surface area contributed by atoms with Crippen molar-refractivity contribution in [2.45, 2.75) is 25.7 Å². The number of nitrogens with one attached hydrogen (secondary N) is 1. The van der Waals surface area contributed by atoms with Gasteiger partial charge in [-0.25, -0.2) is 4.79 Å². The van der Waals surface area contributed by atoms with Gasteiger partial charge in [0.05, 0.1) is 4.47 Å². The molecule has 0 aromatic heterocycles. The van der Waals surface area contributed by atoms with Gasteiger partial charge in [-0.3, -0.25) is 4.79 Å². The highest BCUT2D eigenvalue weighted by Gasteiger charge is 2.17. The van der Waals surface area contributed by atoms with Gasteiger partial charge in [-0.15, -0.1) is 0 Å². The molecular weight excluding hydrogens is 470 g/mol. The number of carbonyl (C=O) groups is 2. The Balaban J connectivity index is 1.68. The van der Waals surface area contributed by atoms with E-state index in [4.69, 9.17) is 4.74 Å². The molecule has 3 rings (SSSR count). The molecule has 0 heterocycles. The zero-order chi connectivity index (χ0) is 22.9. The molecule has 0 spiro atoms. The van der Waals surface area contributed by atoms with E-state index in [1.165, 1.54) is 6.08 Å². The molecule has 5 nitrogen and oxygen atoms in total. The third kappa shape index (κ3) is 6.56. The maximum atomic E-state index is 12.5. The van der Waals surface area contributed by atoms with Gasteiger partial charge in [-0.1, -0.05) is 61.5 Å². The third-order valence-electron chi connectivity index (χ3n) is 4.96. The molecule has 32 heavy (non-hydrogen) atoms. The molecule has 1 amide bonds. The molecule has 1 atom stereocenters. The van der Waals surface area contributed by atoms with Crippen LogP contribution in [0.4, 0.5) is 0 Å². The molecule has 0 aliphatic carbocycles. The number of carboxylic acids is 1. The summed E-state index contributed by atoms with van der Waals surface area (Å²) in [5, 5.41) is 12.1. The van der Waals surface area contributed by atoms with E-state index in [2.05, 4.69) is 21.2 Å². The lowest BCUT2D eigenvalue weighted by Crippen LogP contribution is -2.28. The SMILES string of the molecule is CCC(CC(=O)N/C(=C\c1ccc(Oc2ccccc2Br)cc1)C(=O)O)c1ccccc1. The largest absolute Gasteiger partial charge is 0.477 e. The van der Waals surface area contributed by atoms with Crippen LogP contribution in [0.25, 0.3) is 6.08 Å². The van der Waals surface area contributed by atoms with Crippen LogP contribution in [-0.4, -0.2) is 17.0 Å². The van der Waals surface area contributed by atoms with Gasteiger partial charge >= 0.3 is 5.97 Å². The minimum Gasteiger partial charge on any atom is -0.477 e.